The molecule has 2 saturated carbocycles. The van der Waals surface area contributed by atoms with E-state index in [1.165, 1.54) is 25.7 Å². The van der Waals surface area contributed by atoms with Gasteiger partial charge in [0.05, 0.1) is 6.54 Å². The fourth-order valence-corrected chi connectivity index (χ4v) is 3.49. The third kappa shape index (κ3) is 3.47. The molecule has 3 unspecified atom stereocenters. The molecule has 2 fully saturated rings. The summed E-state index contributed by atoms with van der Waals surface area (Å²) in [5.41, 5.74) is 0. The van der Waals surface area contributed by atoms with Crippen LogP contribution in [0.3, 0.4) is 0 Å². The van der Waals surface area contributed by atoms with E-state index in [2.05, 4.69) is 10.6 Å². The summed E-state index contributed by atoms with van der Waals surface area (Å²) in [5, 5.41) is 5.49. The quantitative estimate of drug-likeness (QED) is 0.778. The molecule has 0 aromatic carbocycles. The fourth-order valence-electron chi connectivity index (χ4n) is 3.49. The van der Waals surface area contributed by atoms with Crippen LogP contribution in [-0.2, 0) is 9.59 Å². The molecule has 102 valence electrons. The zero-order valence-electron chi connectivity index (χ0n) is 11.4. The number of hydrogen-bond acceptors (Lipinski definition) is 2. The lowest BCUT2D eigenvalue weighted by atomic mass is 9.86. The van der Waals surface area contributed by atoms with Gasteiger partial charge in [0, 0.05) is 12.5 Å². The van der Waals surface area contributed by atoms with Gasteiger partial charge >= 0.3 is 0 Å². The van der Waals surface area contributed by atoms with Crippen LogP contribution in [0.1, 0.15) is 46.0 Å². The van der Waals surface area contributed by atoms with Gasteiger partial charge in [0.1, 0.15) is 0 Å². The van der Waals surface area contributed by atoms with Crippen molar-refractivity contribution in [3.8, 4) is 0 Å². The average Bonchev–Trinajstić information content (AvgIpc) is 2.87. The molecule has 3 atom stereocenters. The monoisotopic (exact) mass is 252 g/mol. The Kier molecular flexibility index (Phi) is 4.25. The van der Waals surface area contributed by atoms with Gasteiger partial charge in [-0.05, 0) is 50.9 Å². The first-order chi connectivity index (χ1) is 8.54. The van der Waals surface area contributed by atoms with Crippen LogP contribution >= 0.6 is 0 Å². The van der Waals surface area contributed by atoms with Gasteiger partial charge < -0.3 is 10.6 Å². The van der Waals surface area contributed by atoms with E-state index in [0.717, 1.165) is 11.8 Å². The van der Waals surface area contributed by atoms with Gasteiger partial charge in [-0.15, -0.1) is 0 Å². The maximum atomic E-state index is 11.8. The van der Waals surface area contributed by atoms with E-state index in [1.807, 2.05) is 13.8 Å². The molecule has 0 heterocycles. The Morgan fingerprint density at radius 1 is 1.17 bits per heavy atom. The van der Waals surface area contributed by atoms with Gasteiger partial charge in [-0.3, -0.25) is 9.59 Å². The van der Waals surface area contributed by atoms with Crippen molar-refractivity contribution in [2.24, 2.45) is 17.8 Å². The number of nitrogens with one attached hydrogen (secondary N) is 2. The van der Waals surface area contributed by atoms with Gasteiger partial charge in [-0.1, -0.05) is 6.42 Å². The van der Waals surface area contributed by atoms with E-state index in [4.69, 9.17) is 0 Å². The number of rotatable bonds is 5. The molecule has 4 heteroatoms. The van der Waals surface area contributed by atoms with Crippen molar-refractivity contribution in [1.82, 2.24) is 10.6 Å². The first-order valence-corrected chi connectivity index (χ1v) is 7.10. The van der Waals surface area contributed by atoms with Crippen LogP contribution in [0.15, 0.2) is 0 Å². The maximum Gasteiger partial charge on any atom is 0.239 e. The van der Waals surface area contributed by atoms with Crippen molar-refractivity contribution >= 4 is 11.8 Å². The van der Waals surface area contributed by atoms with Crippen molar-refractivity contribution in [2.45, 2.75) is 52.0 Å². The molecule has 18 heavy (non-hydrogen) atoms. The van der Waals surface area contributed by atoms with Crippen molar-refractivity contribution < 1.29 is 9.59 Å². The third-order valence-electron chi connectivity index (χ3n) is 4.23. The summed E-state index contributed by atoms with van der Waals surface area (Å²) in [7, 11) is 0. The first-order valence-electron chi connectivity index (χ1n) is 7.10. The Hall–Kier alpha value is -1.06. The number of hydrogen-bond donors (Lipinski definition) is 2. The normalized spacial score (nSPS) is 29.6. The second kappa shape index (κ2) is 5.72. The first kappa shape index (κ1) is 13.4. The SMILES string of the molecule is CC(C)NC(=O)CNC(=O)CC1CC2CCC1C2. The Morgan fingerprint density at radius 2 is 1.94 bits per heavy atom. The number of amides is 2. The molecule has 0 aromatic heterocycles. The summed E-state index contributed by atoms with van der Waals surface area (Å²) < 4.78 is 0. The minimum Gasteiger partial charge on any atom is -0.352 e. The zero-order chi connectivity index (χ0) is 13.1. The molecule has 2 bridgehead atoms. The summed E-state index contributed by atoms with van der Waals surface area (Å²) in [5.74, 6) is 2.14. The summed E-state index contributed by atoms with van der Waals surface area (Å²) in [6.45, 7) is 3.93. The zero-order valence-corrected chi connectivity index (χ0v) is 11.4. The van der Waals surface area contributed by atoms with Crippen LogP contribution in [0.25, 0.3) is 0 Å². The second-order valence-corrected chi connectivity index (χ2v) is 6.14. The lowest BCUT2D eigenvalue weighted by Crippen LogP contribution is -2.40. The van der Waals surface area contributed by atoms with Crippen LogP contribution in [-0.4, -0.2) is 24.4 Å². The summed E-state index contributed by atoms with van der Waals surface area (Å²) in [4.78, 5) is 23.2. The highest BCUT2D eigenvalue weighted by Gasteiger charge is 2.40. The van der Waals surface area contributed by atoms with E-state index in [9.17, 15) is 9.59 Å². The van der Waals surface area contributed by atoms with Gasteiger partial charge in [-0.25, -0.2) is 0 Å². The minimum atomic E-state index is -0.105. The van der Waals surface area contributed by atoms with E-state index in [0.29, 0.717) is 12.3 Å². The molecule has 0 spiro atoms. The van der Waals surface area contributed by atoms with Gasteiger partial charge in [0.15, 0.2) is 0 Å². The smallest absolute Gasteiger partial charge is 0.239 e. The number of fused-ring (bicyclic) bond motifs is 2. The van der Waals surface area contributed by atoms with Crippen LogP contribution in [0, 0.1) is 17.8 Å². The van der Waals surface area contributed by atoms with Gasteiger partial charge in [0.25, 0.3) is 0 Å². The van der Waals surface area contributed by atoms with Crippen molar-refractivity contribution in [3.05, 3.63) is 0 Å². The molecular formula is C14H24N2O2. The highest BCUT2D eigenvalue weighted by molar-refractivity contribution is 5.84. The Morgan fingerprint density at radius 3 is 2.50 bits per heavy atom. The van der Waals surface area contributed by atoms with Crippen molar-refractivity contribution in [3.63, 3.8) is 0 Å². The van der Waals surface area contributed by atoms with Crippen LogP contribution in [0.2, 0.25) is 0 Å². The lowest BCUT2D eigenvalue weighted by molar-refractivity contribution is -0.127. The number of carbonyl (C=O) groups excluding carboxylic acids is 2. The Bertz CT molecular complexity index is 328. The molecule has 2 N–H and O–H groups in total. The predicted molar refractivity (Wildman–Crippen MR) is 69.8 cm³/mol. The van der Waals surface area contributed by atoms with Crippen LogP contribution in [0.4, 0.5) is 0 Å². The highest BCUT2D eigenvalue weighted by Crippen LogP contribution is 2.49. The maximum absolute atomic E-state index is 11.8. The van der Waals surface area contributed by atoms with Crippen LogP contribution in [0.5, 0.6) is 0 Å². The van der Waals surface area contributed by atoms with E-state index in [1.54, 1.807) is 0 Å². The molecule has 2 rings (SSSR count). The summed E-state index contributed by atoms with van der Waals surface area (Å²) in [6.07, 6.45) is 5.81. The van der Waals surface area contributed by atoms with Crippen LogP contribution < -0.4 is 10.6 Å². The minimum absolute atomic E-state index is 0.0338. The fraction of sp³-hybridized carbons (Fsp3) is 0.857. The van der Waals surface area contributed by atoms with Crippen molar-refractivity contribution in [1.29, 1.82) is 0 Å². The highest BCUT2D eigenvalue weighted by atomic mass is 16.2. The lowest BCUT2D eigenvalue weighted by Gasteiger charge is -2.20. The molecule has 0 aliphatic heterocycles. The molecule has 0 saturated heterocycles. The number of carbonyl (C=O) groups is 2. The Labute approximate surface area is 109 Å². The summed E-state index contributed by atoms with van der Waals surface area (Å²) in [6, 6.07) is 0.125. The standard InChI is InChI=1S/C14H24N2O2/c1-9(2)16-14(18)8-15-13(17)7-12-6-10-3-4-11(12)5-10/h9-12H,3-8H2,1-2H3,(H,15,17)(H,16,18). The van der Waals surface area contributed by atoms with Gasteiger partial charge in [-0.2, -0.15) is 0 Å². The largest absolute Gasteiger partial charge is 0.352 e. The van der Waals surface area contributed by atoms with Crippen molar-refractivity contribution in [2.75, 3.05) is 6.54 Å². The second-order valence-electron chi connectivity index (χ2n) is 6.14. The predicted octanol–water partition coefficient (Wildman–Crippen LogP) is 1.45. The molecule has 2 aliphatic rings. The molecule has 4 nitrogen and oxygen atoms in total. The third-order valence-corrected chi connectivity index (χ3v) is 4.23. The van der Waals surface area contributed by atoms with E-state index >= 15 is 0 Å². The molecule has 2 aliphatic carbocycles. The van der Waals surface area contributed by atoms with E-state index < -0.39 is 0 Å². The molecular weight excluding hydrogens is 228 g/mol. The van der Waals surface area contributed by atoms with Gasteiger partial charge in [0.2, 0.25) is 11.8 Å². The Balaban J connectivity index is 1.65. The molecule has 0 aromatic rings. The molecule has 0 radical (unpaired) electrons. The topological polar surface area (TPSA) is 58.2 Å². The average molecular weight is 252 g/mol. The molecule has 2 amide bonds. The van der Waals surface area contributed by atoms with E-state index in [-0.39, 0.29) is 24.4 Å². The summed E-state index contributed by atoms with van der Waals surface area (Å²) >= 11 is 0.